The van der Waals surface area contributed by atoms with Gasteiger partial charge in [0.25, 0.3) is 0 Å². The number of benzene rings is 1. The highest BCUT2D eigenvalue weighted by Gasteiger charge is 2.05. The number of hydrogen-bond acceptors (Lipinski definition) is 2. The zero-order valence-corrected chi connectivity index (χ0v) is 11.8. The molecule has 0 saturated heterocycles. The predicted molar refractivity (Wildman–Crippen MR) is 70.1 cm³/mol. The summed E-state index contributed by atoms with van der Waals surface area (Å²) in [5.74, 6) is 1.58. The van der Waals surface area contributed by atoms with E-state index in [1.165, 1.54) is 0 Å². The maximum absolute atomic E-state index is 5.74. The molecule has 0 amide bonds. The minimum absolute atomic E-state index is 0.743. The Balaban J connectivity index is 2.27. The first-order chi connectivity index (χ1) is 7.69. The zero-order valence-electron chi connectivity index (χ0n) is 8.65. The Morgan fingerprint density at radius 2 is 2.25 bits per heavy atom. The second-order valence-electron chi connectivity index (χ2n) is 3.34. The van der Waals surface area contributed by atoms with Gasteiger partial charge in [-0.1, -0.05) is 31.9 Å². The van der Waals surface area contributed by atoms with Crippen molar-refractivity contribution in [2.45, 2.75) is 5.33 Å². The Morgan fingerprint density at radius 1 is 1.44 bits per heavy atom. The molecule has 0 N–H and O–H groups in total. The topological polar surface area (TPSA) is 27.1 Å². The minimum Gasteiger partial charge on any atom is -0.454 e. The summed E-state index contributed by atoms with van der Waals surface area (Å²) in [5.41, 5.74) is 1.10. The lowest BCUT2D eigenvalue weighted by Gasteiger charge is -2.07. The van der Waals surface area contributed by atoms with E-state index in [0.717, 1.165) is 26.9 Å². The van der Waals surface area contributed by atoms with E-state index in [2.05, 4.69) is 37.0 Å². The van der Waals surface area contributed by atoms with Crippen molar-refractivity contribution in [3.63, 3.8) is 0 Å². The van der Waals surface area contributed by atoms with Gasteiger partial charge in [-0.15, -0.1) is 0 Å². The highest BCUT2D eigenvalue weighted by molar-refractivity contribution is 9.10. The fourth-order valence-corrected chi connectivity index (χ4v) is 2.18. The Morgan fingerprint density at radius 3 is 2.88 bits per heavy atom. The zero-order chi connectivity index (χ0) is 11.5. The molecule has 0 unspecified atom stereocenters. The summed E-state index contributed by atoms with van der Waals surface area (Å²) < 4.78 is 8.49. The summed E-state index contributed by atoms with van der Waals surface area (Å²) in [6.07, 6.45) is 3.53. The first-order valence-electron chi connectivity index (χ1n) is 4.70. The number of halogens is 2. The number of alkyl halides is 1. The van der Waals surface area contributed by atoms with Gasteiger partial charge in [-0.25, -0.2) is 0 Å². The molecule has 1 aromatic carbocycles. The molecule has 0 aliphatic rings. The summed E-state index contributed by atoms with van der Waals surface area (Å²) in [4.78, 5) is 0. The molecule has 0 bridgehead atoms. The van der Waals surface area contributed by atoms with Crippen LogP contribution in [0.1, 0.15) is 5.56 Å². The maximum atomic E-state index is 5.74. The Hall–Kier alpha value is -0.810. The first-order valence-corrected chi connectivity index (χ1v) is 6.61. The van der Waals surface area contributed by atoms with Crippen molar-refractivity contribution < 1.29 is 4.74 Å². The van der Waals surface area contributed by atoms with Crippen LogP contribution in [0, 0.1) is 0 Å². The molecule has 1 heterocycles. The molecule has 0 fully saturated rings. The molecule has 2 aromatic rings. The number of hydrogen-bond donors (Lipinski definition) is 0. The average molecular weight is 346 g/mol. The molecular weight excluding hydrogens is 336 g/mol. The molecule has 84 valence electrons. The fourth-order valence-electron chi connectivity index (χ4n) is 1.33. The van der Waals surface area contributed by atoms with E-state index in [9.17, 15) is 0 Å². The van der Waals surface area contributed by atoms with Gasteiger partial charge < -0.3 is 4.74 Å². The molecule has 0 atom stereocenters. The lowest BCUT2D eigenvalue weighted by atomic mass is 10.2. The second kappa shape index (κ2) is 5.01. The summed E-state index contributed by atoms with van der Waals surface area (Å²) in [5, 5.41) is 4.81. The summed E-state index contributed by atoms with van der Waals surface area (Å²) in [6.45, 7) is 0. The number of aryl methyl sites for hydroxylation is 1. The van der Waals surface area contributed by atoms with Crippen LogP contribution >= 0.6 is 31.9 Å². The molecule has 0 saturated carbocycles. The van der Waals surface area contributed by atoms with Gasteiger partial charge in [0.1, 0.15) is 5.75 Å². The van der Waals surface area contributed by atoms with Crippen LogP contribution in [0.15, 0.2) is 35.1 Å². The minimum atomic E-state index is 0.743. The van der Waals surface area contributed by atoms with E-state index in [1.807, 2.05) is 31.4 Å². The van der Waals surface area contributed by atoms with Crippen molar-refractivity contribution in [1.29, 1.82) is 0 Å². The van der Waals surface area contributed by atoms with Crippen molar-refractivity contribution in [1.82, 2.24) is 9.78 Å². The maximum Gasteiger partial charge on any atom is 0.165 e. The fraction of sp³-hybridized carbons (Fsp3) is 0.182. The molecule has 16 heavy (non-hydrogen) atoms. The third kappa shape index (κ3) is 2.65. The first kappa shape index (κ1) is 11.7. The highest BCUT2D eigenvalue weighted by Crippen LogP contribution is 2.29. The van der Waals surface area contributed by atoms with E-state index in [0.29, 0.717) is 0 Å². The van der Waals surface area contributed by atoms with Crippen LogP contribution in [0.25, 0.3) is 0 Å². The molecule has 5 heteroatoms. The molecule has 0 radical (unpaired) electrons. The van der Waals surface area contributed by atoms with Crippen LogP contribution < -0.4 is 4.74 Å². The second-order valence-corrected chi connectivity index (χ2v) is 4.81. The predicted octanol–water partition coefficient (Wildman–Crippen LogP) is 3.87. The lowest BCUT2D eigenvalue weighted by molar-refractivity contribution is 0.478. The Bertz CT molecular complexity index is 496. The summed E-state index contributed by atoms with van der Waals surface area (Å²) in [7, 11) is 1.86. The normalized spacial score (nSPS) is 10.4. The molecule has 0 aliphatic heterocycles. The van der Waals surface area contributed by atoms with Gasteiger partial charge in [0.05, 0.1) is 12.4 Å². The quantitative estimate of drug-likeness (QED) is 0.789. The van der Waals surface area contributed by atoms with Crippen LogP contribution in [-0.2, 0) is 12.4 Å². The SMILES string of the molecule is Cn1cc(Oc2ccc(Br)cc2CBr)cn1. The van der Waals surface area contributed by atoms with E-state index < -0.39 is 0 Å². The van der Waals surface area contributed by atoms with Gasteiger partial charge in [-0.2, -0.15) is 5.10 Å². The summed E-state index contributed by atoms with van der Waals surface area (Å²) >= 11 is 6.87. The van der Waals surface area contributed by atoms with Crippen molar-refractivity contribution >= 4 is 31.9 Å². The molecule has 0 aliphatic carbocycles. The van der Waals surface area contributed by atoms with Crippen LogP contribution in [-0.4, -0.2) is 9.78 Å². The Labute approximate surface area is 111 Å². The standard InChI is InChI=1S/C11H10Br2N2O/c1-15-7-10(6-14-15)16-11-3-2-9(13)4-8(11)5-12/h2-4,6-7H,5H2,1H3. The van der Waals surface area contributed by atoms with Gasteiger partial charge in [0.2, 0.25) is 0 Å². The number of aromatic nitrogens is 2. The molecule has 3 nitrogen and oxygen atoms in total. The average Bonchev–Trinajstić information content (AvgIpc) is 2.67. The number of ether oxygens (including phenoxy) is 1. The molecule has 0 spiro atoms. The van der Waals surface area contributed by atoms with Gasteiger partial charge in [0, 0.05) is 22.4 Å². The number of nitrogens with zero attached hydrogens (tertiary/aromatic N) is 2. The monoisotopic (exact) mass is 344 g/mol. The van der Waals surface area contributed by atoms with Crippen molar-refractivity contribution in [3.05, 3.63) is 40.6 Å². The van der Waals surface area contributed by atoms with E-state index in [-0.39, 0.29) is 0 Å². The van der Waals surface area contributed by atoms with E-state index >= 15 is 0 Å². The third-order valence-corrected chi connectivity index (χ3v) is 3.17. The van der Waals surface area contributed by atoms with Crippen LogP contribution in [0.3, 0.4) is 0 Å². The van der Waals surface area contributed by atoms with Crippen LogP contribution in [0.4, 0.5) is 0 Å². The molecular formula is C11H10Br2N2O. The lowest BCUT2D eigenvalue weighted by Crippen LogP contribution is -1.89. The van der Waals surface area contributed by atoms with Crippen LogP contribution in [0.2, 0.25) is 0 Å². The third-order valence-electron chi connectivity index (χ3n) is 2.08. The Kier molecular flexibility index (Phi) is 3.66. The summed E-state index contributed by atoms with van der Waals surface area (Å²) in [6, 6.07) is 5.92. The smallest absolute Gasteiger partial charge is 0.165 e. The van der Waals surface area contributed by atoms with Gasteiger partial charge in [0.15, 0.2) is 5.75 Å². The highest BCUT2D eigenvalue weighted by atomic mass is 79.9. The van der Waals surface area contributed by atoms with Crippen molar-refractivity contribution in [2.24, 2.45) is 7.05 Å². The molecule has 2 rings (SSSR count). The number of rotatable bonds is 3. The molecule has 1 aromatic heterocycles. The van der Waals surface area contributed by atoms with Gasteiger partial charge >= 0.3 is 0 Å². The van der Waals surface area contributed by atoms with Crippen molar-refractivity contribution in [2.75, 3.05) is 0 Å². The van der Waals surface area contributed by atoms with E-state index in [4.69, 9.17) is 4.74 Å². The van der Waals surface area contributed by atoms with Gasteiger partial charge in [-0.05, 0) is 18.2 Å². The largest absolute Gasteiger partial charge is 0.454 e. The van der Waals surface area contributed by atoms with Gasteiger partial charge in [-0.3, -0.25) is 4.68 Å². The van der Waals surface area contributed by atoms with Crippen LogP contribution in [0.5, 0.6) is 11.5 Å². The van der Waals surface area contributed by atoms with E-state index in [1.54, 1.807) is 10.9 Å². The van der Waals surface area contributed by atoms with Crippen molar-refractivity contribution in [3.8, 4) is 11.5 Å².